The van der Waals surface area contributed by atoms with Crippen LogP contribution in [0.2, 0.25) is 15.2 Å². The summed E-state index contributed by atoms with van der Waals surface area (Å²) < 4.78 is 0. The fourth-order valence-corrected chi connectivity index (χ4v) is 2.06. The van der Waals surface area contributed by atoms with E-state index < -0.39 is 0 Å². The molecule has 2 aromatic rings. The van der Waals surface area contributed by atoms with Crippen molar-refractivity contribution in [2.45, 2.75) is 6.54 Å². The molecule has 0 saturated carbocycles. The first kappa shape index (κ1) is 15.8. The normalized spacial score (nSPS) is 10.8. The minimum absolute atomic E-state index is 0.235. The number of carbonyl (C=O) groups excluding carboxylic acids is 1. The minimum atomic E-state index is -0.235. The summed E-state index contributed by atoms with van der Waals surface area (Å²) in [5.74, 6) is -0.235. The molecule has 2 rings (SSSR count). The zero-order chi connectivity index (χ0) is 15.2. The van der Waals surface area contributed by atoms with Crippen LogP contribution >= 0.6 is 34.8 Å². The summed E-state index contributed by atoms with van der Waals surface area (Å²) in [5.41, 5.74) is 1.55. The molecule has 1 amide bonds. The highest BCUT2D eigenvalue weighted by Crippen LogP contribution is 2.26. The topological polar surface area (TPSA) is 42.0 Å². The molecule has 6 heteroatoms. The summed E-state index contributed by atoms with van der Waals surface area (Å²) in [5, 5.41) is 4.03. The maximum absolute atomic E-state index is 11.7. The van der Waals surface area contributed by atoms with Crippen molar-refractivity contribution in [3.05, 3.63) is 68.9 Å². The molecule has 0 aliphatic heterocycles. The lowest BCUT2D eigenvalue weighted by molar-refractivity contribution is -0.116. The molecule has 0 atom stereocenters. The van der Waals surface area contributed by atoms with Crippen molar-refractivity contribution < 1.29 is 4.79 Å². The third-order valence-electron chi connectivity index (χ3n) is 2.65. The number of carbonyl (C=O) groups is 1. The van der Waals surface area contributed by atoms with Gasteiger partial charge in [-0.15, -0.1) is 0 Å². The van der Waals surface area contributed by atoms with E-state index in [2.05, 4.69) is 10.3 Å². The van der Waals surface area contributed by atoms with E-state index in [1.165, 1.54) is 6.08 Å². The summed E-state index contributed by atoms with van der Waals surface area (Å²) in [6.07, 6.45) is 4.63. The lowest BCUT2D eigenvalue weighted by Gasteiger charge is -2.03. The molecule has 1 heterocycles. The van der Waals surface area contributed by atoms with Crippen LogP contribution in [0.4, 0.5) is 0 Å². The highest BCUT2D eigenvalue weighted by molar-refractivity contribution is 6.42. The molecule has 0 aliphatic rings. The van der Waals surface area contributed by atoms with Crippen molar-refractivity contribution in [2.24, 2.45) is 0 Å². The Morgan fingerprint density at radius 2 is 2.00 bits per heavy atom. The van der Waals surface area contributed by atoms with E-state index in [-0.39, 0.29) is 5.91 Å². The van der Waals surface area contributed by atoms with Gasteiger partial charge in [-0.25, -0.2) is 4.98 Å². The Morgan fingerprint density at radius 3 is 2.71 bits per heavy atom. The van der Waals surface area contributed by atoms with Crippen LogP contribution in [0, 0.1) is 0 Å². The van der Waals surface area contributed by atoms with Gasteiger partial charge in [0.1, 0.15) is 5.15 Å². The number of hydrogen-bond acceptors (Lipinski definition) is 2. The second-order valence-electron chi connectivity index (χ2n) is 4.18. The average molecular weight is 342 g/mol. The molecule has 21 heavy (non-hydrogen) atoms. The smallest absolute Gasteiger partial charge is 0.244 e. The lowest BCUT2D eigenvalue weighted by atomic mass is 10.2. The number of benzene rings is 1. The van der Waals surface area contributed by atoms with Crippen LogP contribution in [0.25, 0.3) is 6.08 Å². The molecule has 1 aromatic carbocycles. The first-order valence-electron chi connectivity index (χ1n) is 6.06. The van der Waals surface area contributed by atoms with Crippen molar-refractivity contribution in [3.8, 4) is 0 Å². The Kier molecular flexibility index (Phi) is 5.62. The van der Waals surface area contributed by atoms with Gasteiger partial charge in [-0.1, -0.05) is 53.0 Å². The quantitative estimate of drug-likeness (QED) is 0.662. The second kappa shape index (κ2) is 7.46. The van der Waals surface area contributed by atoms with E-state index in [0.29, 0.717) is 27.3 Å². The van der Waals surface area contributed by atoms with Crippen LogP contribution in [0.15, 0.2) is 42.6 Å². The number of nitrogens with zero attached hydrogens (tertiary/aromatic N) is 1. The monoisotopic (exact) mass is 340 g/mol. The van der Waals surface area contributed by atoms with E-state index in [1.807, 2.05) is 0 Å². The maximum atomic E-state index is 11.7. The van der Waals surface area contributed by atoms with Gasteiger partial charge in [-0.2, -0.15) is 0 Å². The number of aromatic nitrogens is 1. The Bertz CT molecular complexity index is 669. The highest BCUT2D eigenvalue weighted by atomic mass is 35.5. The van der Waals surface area contributed by atoms with Crippen LogP contribution in [-0.2, 0) is 11.3 Å². The van der Waals surface area contributed by atoms with Gasteiger partial charge in [0.25, 0.3) is 0 Å². The minimum Gasteiger partial charge on any atom is -0.348 e. The van der Waals surface area contributed by atoms with Crippen LogP contribution in [-0.4, -0.2) is 10.9 Å². The van der Waals surface area contributed by atoms with Crippen molar-refractivity contribution in [1.82, 2.24) is 10.3 Å². The van der Waals surface area contributed by atoms with Crippen LogP contribution in [0.5, 0.6) is 0 Å². The zero-order valence-electron chi connectivity index (χ0n) is 10.8. The Hall–Kier alpha value is -1.55. The zero-order valence-corrected chi connectivity index (χ0v) is 13.1. The van der Waals surface area contributed by atoms with E-state index in [9.17, 15) is 4.79 Å². The molecule has 0 spiro atoms. The summed E-state index contributed by atoms with van der Waals surface area (Å²) in [6.45, 7) is 0.372. The number of hydrogen-bond donors (Lipinski definition) is 1. The molecule has 0 fully saturated rings. The Labute approximate surface area is 137 Å². The van der Waals surface area contributed by atoms with Gasteiger partial charge in [0.15, 0.2) is 0 Å². The molecule has 108 valence electrons. The fraction of sp³-hybridized carbons (Fsp3) is 0.0667. The molecule has 0 unspecified atom stereocenters. The van der Waals surface area contributed by atoms with Crippen molar-refractivity contribution in [2.75, 3.05) is 0 Å². The standard InChI is InChI=1S/C15H11Cl3N2O/c16-12-3-1-2-11(15(12)18)5-7-14(21)20-9-10-4-6-13(17)19-8-10/h1-8H,9H2,(H,20,21). The van der Waals surface area contributed by atoms with E-state index in [1.54, 1.807) is 42.6 Å². The molecule has 1 aromatic heterocycles. The van der Waals surface area contributed by atoms with Crippen LogP contribution in [0.1, 0.15) is 11.1 Å². The maximum Gasteiger partial charge on any atom is 0.244 e. The summed E-state index contributed by atoms with van der Waals surface area (Å²) in [4.78, 5) is 15.7. The van der Waals surface area contributed by atoms with Gasteiger partial charge < -0.3 is 5.32 Å². The van der Waals surface area contributed by atoms with Gasteiger partial charge in [0.2, 0.25) is 5.91 Å². The van der Waals surface area contributed by atoms with E-state index in [4.69, 9.17) is 34.8 Å². The molecule has 0 bridgehead atoms. The second-order valence-corrected chi connectivity index (χ2v) is 5.36. The van der Waals surface area contributed by atoms with Gasteiger partial charge in [-0.05, 0) is 29.3 Å². The predicted molar refractivity (Wildman–Crippen MR) is 86.6 cm³/mol. The highest BCUT2D eigenvalue weighted by Gasteiger charge is 2.02. The summed E-state index contributed by atoms with van der Waals surface area (Å²) in [6, 6.07) is 8.71. The molecule has 3 nitrogen and oxygen atoms in total. The van der Waals surface area contributed by atoms with Gasteiger partial charge in [-0.3, -0.25) is 4.79 Å². The average Bonchev–Trinajstić information content (AvgIpc) is 2.48. The molecule has 0 radical (unpaired) electrons. The van der Waals surface area contributed by atoms with Gasteiger partial charge in [0, 0.05) is 18.8 Å². The van der Waals surface area contributed by atoms with Crippen LogP contribution in [0.3, 0.4) is 0 Å². The predicted octanol–water partition coefficient (Wildman–Crippen LogP) is 4.37. The Balaban J connectivity index is 1.94. The third kappa shape index (κ3) is 4.74. The molecule has 1 N–H and O–H groups in total. The number of rotatable bonds is 4. The number of halogens is 3. The van der Waals surface area contributed by atoms with Gasteiger partial charge >= 0.3 is 0 Å². The largest absolute Gasteiger partial charge is 0.348 e. The molecule has 0 saturated heterocycles. The van der Waals surface area contributed by atoms with E-state index >= 15 is 0 Å². The molecular weight excluding hydrogens is 331 g/mol. The molecule has 0 aliphatic carbocycles. The summed E-state index contributed by atoms with van der Waals surface area (Å²) >= 11 is 17.6. The number of nitrogens with one attached hydrogen (secondary N) is 1. The van der Waals surface area contributed by atoms with Crippen molar-refractivity contribution in [1.29, 1.82) is 0 Å². The van der Waals surface area contributed by atoms with Gasteiger partial charge in [0.05, 0.1) is 10.0 Å². The Morgan fingerprint density at radius 1 is 1.19 bits per heavy atom. The first-order valence-corrected chi connectivity index (χ1v) is 7.20. The van der Waals surface area contributed by atoms with E-state index in [0.717, 1.165) is 5.56 Å². The number of amides is 1. The first-order chi connectivity index (χ1) is 10.1. The lowest BCUT2D eigenvalue weighted by Crippen LogP contribution is -2.20. The van der Waals surface area contributed by atoms with Crippen molar-refractivity contribution in [3.63, 3.8) is 0 Å². The molecular formula is C15H11Cl3N2O. The van der Waals surface area contributed by atoms with Crippen LogP contribution < -0.4 is 5.32 Å². The fourth-order valence-electron chi connectivity index (χ4n) is 1.57. The third-order valence-corrected chi connectivity index (χ3v) is 3.71. The summed E-state index contributed by atoms with van der Waals surface area (Å²) in [7, 11) is 0. The number of pyridine rings is 1. The van der Waals surface area contributed by atoms with Crippen molar-refractivity contribution >= 4 is 46.8 Å². The SMILES string of the molecule is O=C(C=Cc1cccc(Cl)c1Cl)NCc1ccc(Cl)nc1.